The highest BCUT2D eigenvalue weighted by atomic mass is 16.3. The Morgan fingerprint density at radius 2 is 1.53 bits per heavy atom. The van der Waals surface area contributed by atoms with Crippen LogP contribution in [0.1, 0.15) is 112 Å². The molecule has 5 rings (SSSR count). The number of allylic oxidation sites excluding steroid dienone is 4. The Balaban J connectivity index is 0.000000771. The largest absolute Gasteiger partial charge is 0.393 e. The molecule has 1 nitrogen and oxygen atoms in total. The van der Waals surface area contributed by atoms with Gasteiger partial charge in [0.05, 0.1) is 6.10 Å². The molecule has 5 unspecified atom stereocenters. The van der Waals surface area contributed by atoms with Crippen LogP contribution in [0.2, 0.25) is 0 Å². The van der Waals surface area contributed by atoms with Crippen molar-refractivity contribution in [1.29, 1.82) is 0 Å². The summed E-state index contributed by atoms with van der Waals surface area (Å²) in [5.74, 6) is 1.41. The Bertz CT molecular complexity index is 875. The fourth-order valence-corrected chi connectivity index (χ4v) is 8.19. The molecule has 4 aliphatic carbocycles. The van der Waals surface area contributed by atoms with Crippen LogP contribution in [0.15, 0.2) is 53.1 Å². The predicted octanol–water partition coefficient (Wildman–Crippen LogP) is 9.31. The van der Waals surface area contributed by atoms with Gasteiger partial charge in [0.2, 0.25) is 0 Å². The number of fused-ring (bicyclic) bond motifs is 4. The van der Waals surface area contributed by atoms with Crippen molar-refractivity contribution in [2.45, 2.75) is 119 Å². The van der Waals surface area contributed by atoms with Gasteiger partial charge in [-0.3, -0.25) is 0 Å². The molecule has 0 spiro atoms. The summed E-state index contributed by atoms with van der Waals surface area (Å²) in [4.78, 5) is 0. The standard InChI is InChI=1S/C29H40O.2C2H6/c1-27(2)25-15-13-22-23-14-12-21(11-10-20-8-6-5-7-9-20)28(23,3)18-16-24(22)29(25,4)19-17-26(27)30;2*1-2/h5-9,14,21,25-26,30H,10-13,15-19H2,1-4H3;2*1-2H3. The van der Waals surface area contributed by atoms with E-state index in [0.29, 0.717) is 16.7 Å². The number of hydrogen-bond acceptors (Lipinski definition) is 1. The molecule has 0 aliphatic heterocycles. The summed E-state index contributed by atoms with van der Waals surface area (Å²) < 4.78 is 0. The minimum atomic E-state index is -0.139. The quantitative estimate of drug-likeness (QED) is 0.472. The van der Waals surface area contributed by atoms with Crippen LogP contribution < -0.4 is 0 Å². The lowest BCUT2D eigenvalue weighted by molar-refractivity contribution is -0.0904. The molecular formula is C33H52O. The zero-order chi connectivity index (χ0) is 25.1. The van der Waals surface area contributed by atoms with Crippen LogP contribution >= 0.6 is 0 Å². The molecular weight excluding hydrogens is 412 g/mol. The van der Waals surface area contributed by atoms with Crippen molar-refractivity contribution in [2.75, 3.05) is 0 Å². The van der Waals surface area contributed by atoms with Crippen molar-refractivity contribution in [3.63, 3.8) is 0 Å². The molecule has 1 saturated carbocycles. The Morgan fingerprint density at radius 1 is 0.853 bits per heavy atom. The highest BCUT2D eigenvalue weighted by Crippen LogP contribution is 2.66. The first-order chi connectivity index (χ1) is 16.3. The van der Waals surface area contributed by atoms with Gasteiger partial charge in [0.15, 0.2) is 0 Å². The van der Waals surface area contributed by atoms with Crippen LogP contribution in [0.4, 0.5) is 0 Å². The predicted molar refractivity (Wildman–Crippen MR) is 148 cm³/mol. The minimum Gasteiger partial charge on any atom is -0.393 e. The molecule has 1 fully saturated rings. The van der Waals surface area contributed by atoms with E-state index in [0.717, 1.165) is 12.3 Å². The fraction of sp³-hybridized carbons (Fsp3) is 0.697. The molecule has 1 aromatic carbocycles. The molecule has 0 radical (unpaired) electrons. The summed E-state index contributed by atoms with van der Waals surface area (Å²) in [5, 5.41) is 10.7. The Labute approximate surface area is 211 Å². The summed E-state index contributed by atoms with van der Waals surface area (Å²) in [6, 6.07) is 11.0. The lowest BCUT2D eigenvalue weighted by atomic mass is 9.46. The van der Waals surface area contributed by atoms with E-state index in [1.165, 1.54) is 56.9 Å². The van der Waals surface area contributed by atoms with Crippen LogP contribution in [0.3, 0.4) is 0 Å². The number of hydrogen-bond donors (Lipinski definition) is 1. The van der Waals surface area contributed by atoms with Gasteiger partial charge in [-0.05, 0) is 103 Å². The second kappa shape index (κ2) is 10.7. The lowest BCUT2D eigenvalue weighted by Crippen LogP contribution is -2.53. The number of aryl methyl sites for hydroxylation is 1. The van der Waals surface area contributed by atoms with E-state index in [1.807, 2.05) is 27.7 Å². The summed E-state index contributed by atoms with van der Waals surface area (Å²) >= 11 is 0. The van der Waals surface area contributed by atoms with E-state index in [-0.39, 0.29) is 11.5 Å². The molecule has 190 valence electrons. The van der Waals surface area contributed by atoms with Gasteiger partial charge < -0.3 is 5.11 Å². The number of rotatable bonds is 3. The third-order valence-electron chi connectivity index (χ3n) is 10.2. The number of aliphatic hydroxyl groups excluding tert-OH is 1. The van der Waals surface area contributed by atoms with Crippen molar-refractivity contribution in [3.05, 3.63) is 58.7 Å². The van der Waals surface area contributed by atoms with Crippen molar-refractivity contribution in [3.8, 4) is 0 Å². The third kappa shape index (κ3) is 4.47. The topological polar surface area (TPSA) is 20.2 Å². The summed E-state index contributed by atoms with van der Waals surface area (Å²) in [5.41, 5.74) is 7.45. The van der Waals surface area contributed by atoms with Gasteiger partial charge in [0, 0.05) is 0 Å². The zero-order valence-electron chi connectivity index (χ0n) is 23.5. The maximum absolute atomic E-state index is 10.7. The average molecular weight is 465 g/mol. The first-order valence-corrected chi connectivity index (χ1v) is 14.4. The van der Waals surface area contributed by atoms with Crippen LogP contribution in [-0.2, 0) is 6.42 Å². The number of aliphatic hydroxyl groups is 1. The van der Waals surface area contributed by atoms with Gasteiger partial charge in [-0.1, -0.05) is 97.4 Å². The van der Waals surface area contributed by atoms with E-state index in [4.69, 9.17) is 0 Å². The summed E-state index contributed by atoms with van der Waals surface area (Å²) in [7, 11) is 0. The Kier molecular flexibility index (Phi) is 8.60. The maximum Gasteiger partial charge on any atom is 0.0594 e. The maximum atomic E-state index is 10.7. The number of benzene rings is 1. The molecule has 1 aromatic rings. The van der Waals surface area contributed by atoms with Gasteiger partial charge in [-0.2, -0.15) is 0 Å². The molecule has 1 N–H and O–H groups in total. The van der Waals surface area contributed by atoms with Crippen molar-refractivity contribution in [2.24, 2.45) is 28.1 Å². The van der Waals surface area contributed by atoms with Gasteiger partial charge in [0.25, 0.3) is 0 Å². The second-order valence-electron chi connectivity index (χ2n) is 11.8. The zero-order valence-corrected chi connectivity index (χ0v) is 23.5. The lowest BCUT2D eigenvalue weighted by Gasteiger charge is -2.59. The first-order valence-electron chi connectivity index (χ1n) is 14.4. The van der Waals surface area contributed by atoms with Gasteiger partial charge in [-0.15, -0.1) is 0 Å². The molecule has 1 heteroatoms. The van der Waals surface area contributed by atoms with E-state index < -0.39 is 0 Å². The van der Waals surface area contributed by atoms with Crippen LogP contribution in [0.5, 0.6) is 0 Å². The van der Waals surface area contributed by atoms with Gasteiger partial charge in [0.1, 0.15) is 0 Å². The molecule has 34 heavy (non-hydrogen) atoms. The van der Waals surface area contributed by atoms with E-state index in [1.54, 1.807) is 16.7 Å². The van der Waals surface area contributed by atoms with E-state index in [9.17, 15) is 5.11 Å². The molecule has 0 saturated heterocycles. The molecule has 0 aromatic heterocycles. The molecule has 0 heterocycles. The summed E-state index contributed by atoms with van der Waals surface area (Å²) in [6.07, 6.45) is 13.5. The first kappa shape index (κ1) is 27.3. The van der Waals surface area contributed by atoms with Gasteiger partial charge in [-0.25, -0.2) is 0 Å². The molecule has 4 aliphatic rings. The molecule has 5 atom stereocenters. The Hall–Kier alpha value is -1.34. The second-order valence-corrected chi connectivity index (χ2v) is 11.8. The van der Waals surface area contributed by atoms with E-state index >= 15 is 0 Å². The van der Waals surface area contributed by atoms with Crippen molar-refractivity contribution >= 4 is 0 Å². The fourth-order valence-electron chi connectivity index (χ4n) is 8.19. The highest BCUT2D eigenvalue weighted by molar-refractivity contribution is 5.49. The smallest absolute Gasteiger partial charge is 0.0594 e. The molecule has 0 amide bonds. The highest BCUT2D eigenvalue weighted by Gasteiger charge is 2.56. The normalized spacial score (nSPS) is 35.4. The van der Waals surface area contributed by atoms with Crippen LogP contribution in [0, 0.1) is 28.1 Å². The van der Waals surface area contributed by atoms with Crippen molar-refractivity contribution in [1.82, 2.24) is 0 Å². The summed E-state index contributed by atoms with van der Waals surface area (Å²) in [6.45, 7) is 17.8. The van der Waals surface area contributed by atoms with E-state index in [2.05, 4.69) is 64.1 Å². The SMILES string of the molecule is CC.CC.CC12CCC3=C(CCC4C3(C)CCC(O)C4(C)C)C1=CCC2CCc1ccccc1. The monoisotopic (exact) mass is 464 g/mol. The average Bonchev–Trinajstić information content (AvgIpc) is 3.20. The van der Waals surface area contributed by atoms with Crippen LogP contribution in [0.25, 0.3) is 0 Å². The molecule has 0 bridgehead atoms. The third-order valence-corrected chi connectivity index (χ3v) is 10.2. The van der Waals surface area contributed by atoms with Gasteiger partial charge >= 0.3 is 0 Å². The minimum absolute atomic E-state index is 0.0363. The van der Waals surface area contributed by atoms with Crippen LogP contribution in [-0.4, -0.2) is 11.2 Å². The van der Waals surface area contributed by atoms with Crippen molar-refractivity contribution < 1.29 is 5.11 Å². The Morgan fingerprint density at radius 3 is 2.21 bits per heavy atom.